The Balaban J connectivity index is 1.76. The fourth-order valence-electron chi connectivity index (χ4n) is 3.08. The van der Waals surface area contributed by atoms with Crippen LogP contribution in [-0.4, -0.2) is 25.1 Å². The van der Waals surface area contributed by atoms with Gasteiger partial charge >= 0.3 is 0 Å². The zero-order valence-electron chi connectivity index (χ0n) is 18.1. The van der Waals surface area contributed by atoms with Crippen molar-refractivity contribution in [1.29, 1.82) is 0 Å². The van der Waals surface area contributed by atoms with E-state index in [1.54, 1.807) is 30.5 Å². The number of carbonyl (C=O) groups is 1. The maximum absolute atomic E-state index is 12.7. The third-order valence-corrected chi connectivity index (χ3v) is 7.25. The summed E-state index contributed by atoms with van der Waals surface area (Å²) >= 11 is 1.41. The molecule has 0 bridgehead atoms. The summed E-state index contributed by atoms with van der Waals surface area (Å²) in [4.78, 5) is 17.2. The molecule has 3 aromatic rings. The molecule has 1 heterocycles. The first-order valence-corrected chi connectivity index (χ1v) is 12.7. The summed E-state index contributed by atoms with van der Waals surface area (Å²) in [5.41, 5.74) is 4.19. The number of carbonyl (C=O) groups excluding carboxylic acids is 1. The van der Waals surface area contributed by atoms with Crippen molar-refractivity contribution in [3.8, 4) is 10.6 Å². The molecule has 8 heteroatoms. The van der Waals surface area contributed by atoms with E-state index in [1.165, 1.54) is 16.9 Å². The Labute approximate surface area is 187 Å². The van der Waals surface area contributed by atoms with Gasteiger partial charge in [-0.25, -0.2) is 13.4 Å². The zero-order valence-corrected chi connectivity index (χ0v) is 19.7. The van der Waals surface area contributed by atoms with Crippen LogP contribution in [0.15, 0.2) is 47.8 Å². The number of sulfonamides is 1. The van der Waals surface area contributed by atoms with Gasteiger partial charge in [0, 0.05) is 16.6 Å². The van der Waals surface area contributed by atoms with E-state index in [0.717, 1.165) is 10.6 Å². The highest BCUT2D eigenvalue weighted by atomic mass is 32.2. The SMILES string of the molecule is CCCS(=O)(=O)Nc1cccc(NC(=O)c2csc(-c3ccc(C(C)C)cc3)n2)c1C. The van der Waals surface area contributed by atoms with Crippen molar-refractivity contribution in [2.75, 3.05) is 15.8 Å². The van der Waals surface area contributed by atoms with E-state index in [-0.39, 0.29) is 11.7 Å². The van der Waals surface area contributed by atoms with E-state index in [4.69, 9.17) is 0 Å². The molecule has 0 saturated heterocycles. The smallest absolute Gasteiger partial charge is 0.275 e. The first kappa shape index (κ1) is 23.0. The maximum atomic E-state index is 12.7. The van der Waals surface area contributed by atoms with E-state index in [2.05, 4.69) is 41.0 Å². The summed E-state index contributed by atoms with van der Waals surface area (Å²) in [5, 5.41) is 5.35. The number of nitrogens with zero attached hydrogens (tertiary/aromatic N) is 1. The molecule has 0 aliphatic rings. The van der Waals surface area contributed by atoms with Gasteiger partial charge in [0.25, 0.3) is 5.91 Å². The second-order valence-corrected chi connectivity index (χ2v) is 10.4. The van der Waals surface area contributed by atoms with Gasteiger partial charge < -0.3 is 5.32 Å². The van der Waals surface area contributed by atoms with Crippen LogP contribution in [0.5, 0.6) is 0 Å². The molecule has 0 fully saturated rings. The highest BCUT2D eigenvalue weighted by molar-refractivity contribution is 7.92. The molecule has 0 unspecified atom stereocenters. The Hall–Kier alpha value is -2.71. The fraction of sp³-hybridized carbons (Fsp3) is 0.304. The van der Waals surface area contributed by atoms with Crippen LogP contribution in [0.1, 0.15) is 54.7 Å². The Morgan fingerprint density at radius 2 is 1.77 bits per heavy atom. The quantitative estimate of drug-likeness (QED) is 0.458. The van der Waals surface area contributed by atoms with Crippen LogP contribution >= 0.6 is 11.3 Å². The van der Waals surface area contributed by atoms with Crippen LogP contribution < -0.4 is 10.0 Å². The molecule has 2 aromatic carbocycles. The van der Waals surface area contributed by atoms with E-state index >= 15 is 0 Å². The first-order chi connectivity index (χ1) is 14.7. The third kappa shape index (κ3) is 5.71. The van der Waals surface area contributed by atoms with Gasteiger partial charge in [0.1, 0.15) is 10.7 Å². The highest BCUT2D eigenvalue weighted by Crippen LogP contribution is 2.28. The molecule has 31 heavy (non-hydrogen) atoms. The van der Waals surface area contributed by atoms with E-state index in [9.17, 15) is 13.2 Å². The van der Waals surface area contributed by atoms with Crippen LogP contribution in [0.25, 0.3) is 10.6 Å². The summed E-state index contributed by atoms with van der Waals surface area (Å²) in [6, 6.07) is 13.3. The molecular weight excluding hydrogens is 430 g/mol. The number of hydrogen-bond donors (Lipinski definition) is 2. The molecular formula is C23H27N3O3S2. The minimum absolute atomic E-state index is 0.0444. The second kappa shape index (κ2) is 9.62. The number of rotatable bonds is 8. The lowest BCUT2D eigenvalue weighted by molar-refractivity contribution is 0.102. The number of anilines is 2. The van der Waals surface area contributed by atoms with Gasteiger partial charge in [-0.3, -0.25) is 9.52 Å². The largest absolute Gasteiger partial charge is 0.320 e. The van der Waals surface area contributed by atoms with Crippen molar-refractivity contribution in [1.82, 2.24) is 4.98 Å². The van der Waals surface area contributed by atoms with Crippen molar-refractivity contribution in [3.05, 3.63) is 64.7 Å². The highest BCUT2D eigenvalue weighted by Gasteiger charge is 2.16. The van der Waals surface area contributed by atoms with Crippen LogP contribution in [0.3, 0.4) is 0 Å². The van der Waals surface area contributed by atoms with Crippen molar-refractivity contribution in [3.63, 3.8) is 0 Å². The molecule has 0 aliphatic carbocycles. The standard InChI is InChI=1S/C23H27N3O3S2/c1-5-13-31(28,29)26-20-8-6-7-19(16(20)4)24-22(27)21-14-30-23(25-21)18-11-9-17(10-12-18)15(2)3/h6-12,14-15,26H,5,13H2,1-4H3,(H,24,27). The van der Waals surface area contributed by atoms with Gasteiger partial charge in [-0.2, -0.15) is 0 Å². The van der Waals surface area contributed by atoms with Crippen molar-refractivity contribution >= 4 is 38.6 Å². The molecule has 2 N–H and O–H groups in total. The lowest BCUT2D eigenvalue weighted by Crippen LogP contribution is -2.18. The Morgan fingerprint density at radius 1 is 1.10 bits per heavy atom. The second-order valence-electron chi connectivity index (χ2n) is 7.67. The molecule has 0 saturated carbocycles. The van der Waals surface area contributed by atoms with Gasteiger partial charge in [-0.15, -0.1) is 11.3 Å². The molecule has 0 spiro atoms. The predicted molar refractivity (Wildman–Crippen MR) is 128 cm³/mol. The van der Waals surface area contributed by atoms with E-state index < -0.39 is 10.0 Å². The van der Waals surface area contributed by atoms with Crippen LogP contribution in [-0.2, 0) is 10.0 Å². The summed E-state index contributed by atoms with van der Waals surface area (Å²) in [7, 11) is -3.41. The molecule has 0 aliphatic heterocycles. The third-order valence-electron chi connectivity index (χ3n) is 4.88. The summed E-state index contributed by atoms with van der Waals surface area (Å²) in [6.45, 7) is 7.87. The van der Waals surface area contributed by atoms with Gasteiger partial charge in [-0.1, -0.05) is 51.1 Å². The molecule has 1 aromatic heterocycles. The van der Waals surface area contributed by atoms with Gasteiger partial charge in [0.15, 0.2) is 0 Å². The molecule has 3 rings (SSSR count). The summed E-state index contributed by atoms with van der Waals surface area (Å²) in [6.07, 6.45) is 0.525. The molecule has 1 amide bonds. The van der Waals surface area contributed by atoms with Crippen molar-refractivity contribution in [2.24, 2.45) is 0 Å². The van der Waals surface area contributed by atoms with Gasteiger partial charge in [0.05, 0.1) is 11.4 Å². The normalized spacial score (nSPS) is 11.5. The maximum Gasteiger partial charge on any atom is 0.275 e. The average Bonchev–Trinajstić information content (AvgIpc) is 3.21. The molecule has 0 radical (unpaired) electrons. The lowest BCUT2D eigenvalue weighted by Gasteiger charge is -2.14. The number of benzene rings is 2. The number of aromatic nitrogens is 1. The molecule has 0 atom stereocenters. The van der Waals surface area contributed by atoms with Gasteiger partial charge in [-0.05, 0) is 42.5 Å². The van der Waals surface area contributed by atoms with E-state index in [0.29, 0.717) is 35.0 Å². The van der Waals surface area contributed by atoms with Crippen molar-refractivity contribution in [2.45, 2.75) is 40.0 Å². The van der Waals surface area contributed by atoms with Crippen molar-refractivity contribution < 1.29 is 13.2 Å². The minimum Gasteiger partial charge on any atom is -0.320 e. The minimum atomic E-state index is -3.41. The number of thiazole rings is 1. The van der Waals surface area contributed by atoms with Gasteiger partial charge in [0.2, 0.25) is 10.0 Å². The Bertz CT molecular complexity index is 1170. The van der Waals surface area contributed by atoms with E-state index in [1.807, 2.05) is 19.1 Å². The van der Waals surface area contributed by atoms with Crippen LogP contribution in [0, 0.1) is 6.92 Å². The first-order valence-electron chi connectivity index (χ1n) is 10.2. The topological polar surface area (TPSA) is 88.2 Å². The van der Waals surface area contributed by atoms with Crippen LogP contribution in [0.4, 0.5) is 11.4 Å². The summed E-state index contributed by atoms with van der Waals surface area (Å²) < 4.78 is 26.8. The zero-order chi connectivity index (χ0) is 22.6. The monoisotopic (exact) mass is 457 g/mol. The fourth-order valence-corrected chi connectivity index (χ4v) is 5.08. The number of nitrogens with one attached hydrogen (secondary N) is 2. The lowest BCUT2D eigenvalue weighted by atomic mass is 10.0. The molecule has 6 nitrogen and oxygen atoms in total. The van der Waals surface area contributed by atoms with Crippen LogP contribution in [0.2, 0.25) is 0 Å². The summed E-state index contributed by atoms with van der Waals surface area (Å²) in [5.74, 6) is 0.165. The predicted octanol–water partition coefficient (Wildman–Crippen LogP) is 5.65. The Morgan fingerprint density at radius 3 is 2.42 bits per heavy atom. The Kier molecular flexibility index (Phi) is 7.12. The number of amides is 1. The average molecular weight is 458 g/mol. The number of hydrogen-bond acceptors (Lipinski definition) is 5. The molecule has 164 valence electrons.